The van der Waals surface area contributed by atoms with Gasteiger partial charge in [-0.2, -0.15) is 0 Å². The molecule has 21 heavy (non-hydrogen) atoms. The van der Waals surface area contributed by atoms with E-state index in [1.54, 1.807) is 6.20 Å². The summed E-state index contributed by atoms with van der Waals surface area (Å²) < 4.78 is 14.4. The van der Waals surface area contributed by atoms with Gasteiger partial charge in [-0.3, -0.25) is 0 Å². The van der Waals surface area contributed by atoms with E-state index in [0.29, 0.717) is 18.2 Å². The summed E-state index contributed by atoms with van der Waals surface area (Å²) in [5, 5.41) is 0.676. The van der Waals surface area contributed by atoms with Crippen LogP contribution in [-0.4, -0.2) is 28.0 Å². The fraction of sp³-hybridized carbons (Fsp3) is 0.400. The van der Waals surface area contributed by atoms with Crippen molar-refractivity contribution in [3.05, 3.63) is 40.1 Å². The van der Waals surface area contributed by atoms with E-state index < -0.39 is 5.79 Å². The third-order valence-electron chi connectivity index (χ3n) is 3.30. The quantitative estimate of drug-likeness (QED) is 0.814. The third-order valence-corrected chi connectivity index (χ3v) is 3.98. The summed E-state index contributed by atoms with van der Waals surface area (Å²) in [5.41, 5.74) is 0.970. The molecule has 112 valence electrons. The smallest absolute Gasteiger partial charge is 0.163 e. The lowest BCUT2D eigenvalue weighted by Crippen LogP contribution is -2.24. The van der Waals surface area contributed by atoms with Crippen LogP contribution in [0.3, 0.4) is 0 Å². The van der Waals surface area contributed by atoms with E-state index >= 15 is 0 Å². The second kappa shape index (κ2) is 5.72. The van der Waals surface area contributed by atoms with Crippen molar-refractivity contribution in [3.63, 3.8) is 0 Å². The number of ether oxygens (including phenoxy) is 2. The molecule has 2 aromatic rings. The number of halogens is 2. The van der Waals surface area contributed by atoms with Gasteiger partial charge >= 0.3 is 0 Å². The molecule has 4 nitrogen and oxygen atoms in total. The molecule has 1 aliphatic heterocycles. The first kappa shape index (κ1) is 15.0. The van der Waals surface area contributed by atoms with Crippen LogP contribution in [0, 0.1) is 0 Å². The summed E-state index contributed by atoms with van der Waals surface area (Å²) in [6.45, 7) is 5.14. The molecule has 1 aliphatic rings. The Labute approximate surface area is 137 Å². The second-order valence-corrected chi connectivity index (χ2v) is 6.86. The van der Waals surface area contributed by atoms with Crippen LogP contribution < -0.4 is 0 Å². The number of aromatic nitrogens is 2. The Bertz CT molecular complexity index is 637. The minimum absolute atomic E-state index is 0.0237. The lowest BCUT2D eigenvalue weighted by Gasteiger charge is -2.18. The second-order valence-electron chi connectivity index (χ2n) is 5.51. The molecule has 3 rings (SSSR count). The average Bonchev–Trinajstić information content (AvgIpc) is 2.95. The van der Waals surface area contributed by atoms with Crippen molar-refractivity contribution in [3.8, 4) is 11.4 Å². The summed E-state index contributed by atoms with van der Waals surface area (Å²) in [5.74, 6) is 0.358. The molecule has 0 amide bonds. The van der Waals surface area contributed by atoms with Crippen molar-refractivity contribution in [2.75, 3.05) is 6.61 Å². The number of imidazole rings is 1. The molecule has 0 N–H and O–H groups in total. The van der Waals surface area contributed by atoms with E-state index in [4.69, 9.17) is 21.1 Å². The number of hydrogen-bond donors (Lipinski definition) is 0. The van der Waals surface area contributed by atoms with Crippen molar-refractivity contribution in [2.24, 2.45) is 0 Å². The molecule has 1 aromatic heterocycles. The van der Waals surface area contributed by atoms with Crippen molar-refractivity contribution < 1.29 is 9.47 Å². The molecule has 1 fully saturated rings. The van der Waals surface area contributed by atoms with Crippen LogP contribution in [0.1, 0.15) is 13.8 Å². The van der Waals surface area contributed by atoms with E-state index in [9.17, 15) is 0 Å². The standard InChI is InChI=1S/C15H16BrClN2O2/c1-15(2)20-9-13(21-15)8-19-4-3-18-14(19)10-5-11(16)7-12(17)6-10/h3-7,13H,8-9H2,1-2H3. The van der Waals surface area contributed by atoms with Crippen molar-refractivity contribution in [1.82, 2.24) is 9.55 Å². The van der Waals surface area contributed by atoms with Gasteiger partial charge in [-0.1, -0.05) is 27.5 Å². The molecular formula is C15H16BrClN2O2. The van der Waals surface area contributed by atoms with Gasteiger partial charge in [0, 0.05) is 27.5 Å². The molecule has 0 saturated carbocycles. The van der Waals surface area contributed by atoms with E-state index in [1.807, 2.05) is 38.2 Å². The van der Waals surface area contributed by atoms with E-state index in [0.717, 1.165) is 15.9 Å². The normalized spacial score (nSPS) is 20.9. The van der Waals surface area contributed by atoms with Crippen molar-refractivity contribution in [1.29, 1.82) is 0 Å². The highest BCUT2D eigenvalue weighted by molar-refractivity contribution is 9.10. The first-order valence-corrected chi connectivity index (χ1v) is 7.89. The average molecular weight is 372 g/mol. The lowest BCUT2D eigenvalue weighted by molar-refractivity contribution is -0.139. The third kappa shape index (κ3) is 3.48. The van der Waals surface area contributed by atoms with E-state index in [2.05, 4.69) is 25.5 Å². The molecule has 1 unspecified atom stereocenters. The highest BCUT2D eigenvalue weighted by Crippen LogP contribution is 2.28. The van der Waals surface area contributed by atoms with Gasteiger partial charge in [0.05, 0.1) is 13.2 Å². The summed E-state index contributed by atoms with van der Waals surface area (Å²) in [6, 6.07) is 5.76. The fourth-order valence-electron chi connectivity index (χ4n) is 2.47. The van der Waals surface area contributed by atoms with Crippen LogP contribution in [0.4, 0.5) is 0 Å². The Balaban J connectivity index is 1.84. The van der Waals surface area contributed by atoms with Crippen molar-refractivity contribution >= 4 is 27.5 Å². The molecule has 0 spiro atoms. The van der Waals surface area contributed by atoms with Crippen LogP contribution in [0.15, 0.2) is 35.1 Å². The van der Waals surface area contributed by atoms with Gasteiger partial charge in [0.25, 0.3) is 0 Å². The molecular weight excluding hydrogens is 356 g/mol. The van der Waals surface area contributed by atoms with Crippen LogP contribution in [0.5, 0.6) is 0 Å². The molecule has 0 aliphatic carbocycles. The van der Waals surface area contributed by atoms with Gasteiger partial charge in [0.2, 0.25) is 0 Å². The first-order chi connectivity index (χ1) is 9.93. The van der Waals surface area contributed by atoms with Gasteiger partial charge in [-0.15, -0.1) is 0 Å². The largest absolute Gasteiger partial charge is 0.348 e. The van der Waals surface area contributed by atoms with Crippen molar-refractivity contribution in [2.45, 2.75) is 32.3 Å². The van der Waals surface area contributed by atoms with Crippen LogP contribution in [0.25, 0.3) is 11.4 Å². The number of benzene rings is 1. The molecule has 6 heteroatoms. The zero-order valence-corrected chi connectivity index (χ0v) is 14.2. The Morgan fingerprint density at radius 3 is 2.90 bits per heavy atom. The summed E-state index contributed by atoms with van der Waals surface area (Å²) >= 11 is 9.58. The van der Waals surface area contributed by atoms with Gasteiger partial charge < -0.3 is 14.0 Å². The van der Waals surface area contributed by atoms with Gasteiger partial charge in [-0.25, -0.2) is 4.98 Å². The minimum Gasteiger partial charge on any atom is -0.348 e. The SMILES string of the molecule is CC1(C)OCC(Cn2ccnc2-c2cc(Cl)cc(Br)c2)O1. The summed E-state index contributed by atoms with van der Waals surface area (Å²) in [6.07, 6.45) is 3.75. The lowest BCUT2D eigenvalue weighted by atomic mass is 10.2. The Morgan fingerprint density at radius 1 is 1.43 bits per heavy atom. The highest BCUT2D eigenvalue weighted by atomic mass is 79.9. The zero-order chi connectivity index (χ0) is 15.0. The number of hydrogen-bond acceptors (Lipinski definition) is 3. The molecule has 1 atom stereocenters. The van der Waals surface area contributed by atoms with Crippen LogP contribution in [0.2, 0.25) is 5.02 Å². The predicted molar refractivity (Wildman–Crippen MR) is 85.3 cm³/mol. The highest BCUT2D eigenvalue weighted by Gasteiger charge is 2.33. The minimum atomic E-state index is -0.509. The Hall–Kier alpha value is -0.880. The molecule has 0 bridgehead atoms. The maximum absolute atomic E-state index is 6.12. The monoisotopic (exact) mass is 370 g/mol. The maximum Gasteiger partial charge on any atom is 0.163 e. The van der Waals surface area contributed by atoms with Gasteiger partial charge in [-0.05, 0) is 32.0 Å². The number of nitrogens with zero attached hydrogens (tertiary/aromatic N) is 2. The van der Waals surface area contributed by atoms with E-state index in [-0.39, 0.29) is 6.10 Å². The Kier molecular flexibility index (Phi) is 4.10. The van der Waals surface area contributed by atoms with Gasteiger partial charge in [0.15, 0.2) is 5.79 Å². The molecule has 2 heterocycles. The molecule has 0 radical (unpaired) electrons. The summed E-state index contributed by atoms with van der Waals surface area (Å²) in [7, 11) is 0. The molecule has 1 aromatic carbocycles. The topological polar surface area (TPSA) is 36.3 Å². The zero-order valence-electron chi connectivity index (χ0n) is 11.8. The maximum atomic E-state index is 6.12. The predicted octanol–water partition coefficient (Wildman–Crippen LogP) is 4.12. The van der Waals surface area contributed by atoms with Gasteiger partial charge in [0.1, 0.15) is 11.9 Å². The fourth-order valence-corrected chi connectivity index (χ4v) is 3.33. The van der Waals surface area contributed by atoms with Crippen LogP contribution >= 0.6 is 27.5 Å². The summed E-state index contributed by atoms with van der Waals surface area (Å²) in [4.78, 5) is 4.43. The first-order valence-electron chi connectivity index (χ1n) is 6.72. The Morgan fingerprint density at radius 2 is 2.24 bits per heavy atom. The van der Waals surface area contributed by atoms with E-state index in [1.165, 1.54) is 0 Å². The number of rotatable bonds is 3. The van der Waals surface area contributed by atoms with Crippen LogP contribution in [-0.2, 0) is 16.0 Å². The molecule has 1 saturated heterocycles.